The van der Waals surface area contributed by atoms with E-state index in [9.17, 15) is 13.2 Å². The third-order valence-electron chi connectivity index (χ3n) is 4.98. The molecule has 150 valence electrons. The van der Waals surface area contributed by atoms with Gasteiger partial charge in [0.1, 0.15) is 0 Å². The van der Waals surface area contributed by atoms with E-state index in [4.69, 9.17) is 0 Å². The number of hydrogen-bond donors (Lipinski definition) is 1. The summed E-state index contributed by atoms with van der Waals surface area (Å²) in [5.74, 6) is -0.395. The zero-order valence-electron chi connectivity index (χ0n) is 15.9. The van der Waals surface area contributed by atoms with E-state index in [0.717, 1.165) is 53.4 Å². The molecule has 1 heterocycles. The number of nitrogens with one attached hydrogen (secondary N) is 1. The molecule has 1 N–H and O–H groups in total. The Labute approximate surface area is 178 Å². The van der Waals surface area contributed by atoms with Gasteiger partial charge in [0.2, 0.25) is 0 Å². The number of sulfone groups is 1. The Morgan fingerprint density at radius 3 is 2.62 bits per heavy atom. The molecule has 8 heteroatoms. The first-order valence-corrected chi connectivity index (χ1v) is 12.0. The first-order chi connectivity index (χ1) is 13.8. The summed E-state index contributed by atoms with van der Waals surface area (Å²) in [5.41, 5.74) is 3.47. The molecule has 0 saturated carbocycles. The lowest BCUT2D eigenvalue weighted by Crippen LogP contribution is -2.17. The van der Waals surface area contributed by atoms with Crippen LogP contribution in [-0.2, 0) is 22.7 Å². The summed E-state index contributed by atoms with van der Waals surface area (Å²) in [6.45, 7) is 0. The summed E-state index contributed by atoms with van der Waals surface area (Å²) in [4.78, 5) is 13.2. The second kappa shape index (κ2) is 7.76. The minimum Gasteiger partial charge on any atom is -0.319 e. The summed E-state index contributed by atoms with van der Waals surface area (Å²) in [6, 6.07) is 14.2. The molecular formula is C21H20BrN3O3S. The highest BCUT2D eigenvalue weighted by atomic mass is 79.9. The molecule has 3 aromatic rings. The molecule has 1 aliphatic rings. The summed E-state index contributed by atoms with van der Waals surface area (Å²) < 4.78 is 26.9. The fraction of sp³-hybridized carbons (Fsp3) is 0.238. The second-order valence-corrected chi connectivity index (χ2v) is 9.99. The van der Waals surface area contributed by atoms with E-state index in [1.54, 1.807) is 18.2 Å². The van der Waals surface area contributed by atoms with E-state index < -0.39 is 15.7 Å². The van der Waals surface area contributed by atoms with Crippen molar-refractivity contribution in [1.82, 2.24) is 9.78 Å². The van der Waals surface area contributed by atoms with Crippen LogP contribution in [0.25, 0.3) is 5.69 Å². The Balaban J connectivity index is 1.76. The predicted molar refractivity (Wildman–Crippen MR) is 115 cm³/mol. The Morgan fingerprint density at radius 2 is 1.86 bits per heavy atom. The fourth-order valence-electron chi connectivity index (χ4n) is 3.68. The highest BCUT2D eigenvalue weighted by Gasteiger charge is 2.26. The highest BCUT2D eigenvalue weighted by Crippen LogP contribution is 2.29. The quantitative estimate of drug-likeness (QED) is 0.616. The van der Waals surface area contributed by atoms with Crippen LogP contribution in [0, 0.1) is 0 Å². The van der Waals surface area contributed by atoms with E-state index in [0.29, 0.717) is 5.69 Å². The topological polar surface area (TPSA) is 81.1 Å². The van der Waals surface area contributed by atoms with Crippen molar-refractivity contribution >= 4 is 37.4 Å². The van der Waals surface area contributed by atoms with Crippen molar-refractivity contribution in [3.05, 3.63) is 70.0 Å². The zero-order valence-corrected chi connectivity index (χ0v) is 18.3. The molecule has 0 spiro atoms. The maximum atomic E-state index is 13.1. The third kappa shape index (κ3) is 4.00. The lowest BCUT2D eigenvalue weighted by Gasteiger charge is -2.14. The molecule has 1 aromatic heterocycles. The van der Waals surface area contributed by atoms with E-state index in [-0.39, 0.29) is 10.6 Å². The van der Waals surface area contributed by atoms with Gasteiger partial charge in [0.25, 0.3) is 5.91 Å². The molecule has 0 radical (unpaired) electrons. The van der Waals surface area contributed by atoms with Crippen LogP contribution in [0.15, 0.2) is 57.9 Å². The Hall–Kier alpha value is -2.45. The molecule has 29 heavy (non-hydrogen) atoms. The second-order valence-electron chi connectivity index (χ2n) is 7.10. The van der Waals surface area contributed by atoms with Crippen LogP contribution in [0.3, 0.4) is 0 Å². The molecule has 0 atom stereocenters. The number of nitrogens with zero attached hydrogens (tertiary/aromatic N) is 2. The van der Waals surface area contributed by atoms with Gasteiger partial charge >= 0.3 is 0 Å². The normalized spacial score (nSPS) is 13.7. The van der Waals surface area contributed by atoms with E-state index in [2.05, 4.69) is 26.3 Å². The lowest BCUT2D eigenvalue weighted by molar-refractivity contribution is 0.102. The molecular weight excluding hydrogens is 454 g/mol. The van der Waals surface area contributed by atoms with Crippen molar-refractivity contribution in [2.75, 3.05) is 11.6 Å². The fourth-order valence-corrected chi connectivity index (χ4v) is 4.91. The Morgan fingerprint density at radius 1 is 1.10 bits per heavy atom. The standard InChI is InChI=1S/C21H20BrN3O3S/c1-29(27,28)19-12-5-3-10-17(19)23-21(26)20-16-9-2-4-11-18(16)25(24-20)15-8-6-7-14(22)13-15/h3,5-8,10,12-13H,2,4,9,11H2,1H3,(H,23,26). The van der Waals surface area contributed by atoms with Gasteiger partial charge in [-0.2, -0.15) is 5.10 Å². The van der Waals surface area contributed by atoms with Crippen LogP contribution in [0.1, 0.15) is 34.6 Å². The summed E-state index contributed by atoms with van der Waals surface area (Å²) in [5, 5.41) is 7.38. The Kier molecular flexibility index (Phi) is 5.31. The number of amides is 1. The number of aromatic nitrogens is 2. The van der Waals surface area contributed by atoms with Gasteiger partial charge in [-0.3, -0.25) is 4.79 Å². The number of hydrogen-bond acceptors (Lipinski definition) is 4. The minimum absolute atomic E-state index is 0.0913. The SMILES string of the molecule is CS(=O)(=O)c1ccccc1NC(=O)c1nn(-c2cccc(Br)c2)c2c1CCCC2. The number of fused-ring (bicyclic) bond motifs is 1. The van der Waals surface area contributed by atoms with Gasteiger partial charge in [-0.15, -0.1) is 0 Å². The number of anilines is 1. The highest BCUT2D eigenvalue weighted by molar-refractivity contribution is 9.10. The van der Waals surface area contributed by atoms with Crippen molar-refractivity contribution in [3.8, 4) is 5.69 Å². The molecule has 4 rings (SSSR count). The first kappa shape index (κ1) is 19.8. The summed E-state index contributed by atoms with van der Waals surface area (Å²) in [6.07, 6.45) is 4.80. The van der Waals surface area contributed by atoms with Gasteiger partial charge in [0, 0.05) is 22.0 Å². The number of carbonyl (C=O) groups excluding carboxylic acids is 1. The maximum Gasteiger partial charge on any atom is 0.276 e. The van der Waals surface area contributed by atoms with Crippen molar-refractivity contribution in [1.29, 1.82) is 0 Å². The largest absolute Gasteiger partial charge is 0.319 e. The maximum absolute atomic E-state index is 13.1. The van der Waals surface area contributed by atoms with Crippen LogP contribution < -0.4 is 5.32 Å². The van der Waals surface area contributed by atoms with Crippen molar-refractivity contribution in [2.24, 2.45) is 0 Å². The molecule has 0 bridgehead atoms. The summed E-state index contributed by atoms with van der Waals surface area (Å²) >= 11 is 3.48. The summed E-state index contributed by atoms with van der Waals surface area (Å²) in [7, 11) is -3.47. The monoisotopic (exact) mass is 473 g/mol. The van der Waals surface area contributed by atoms with Crippen LogP contribution in [-0.4, -0.2) is 30.4 Å². The van der Waals surface area contributed by atoms with Gasteiger partial charge in [0.15, 0.2) is 15.5 Å². The Bertz CT molecular complexity index is 1200. The van der Waals surface area contributed by atoms with Crippen LogP contribution >= 0.6 is 15.9 Å². The molecule has 0 unspecified atom stereocenters. The van der Waals surface area contributed by atoms with Gasteiger partial charge < -0.3 is 5.32 Å². The average molecular weight is 474 g/mol. The van der Waals surface area contributed by atoms with Crippen molar-refractivity contribution in [2.45, 2.75) is 30.6 Å². The number of halogens is 1. The van der Waals surface area contributed by atoms with Crippen LogP contribution in [0.4, 0.5) is 5.69 Å². The first-order valence-electron chi connectivity index (χ1n) is 9.32. The van der Waals surface area contributed by atoms with Crippen molar-refractivity contribution < 1.29 is 13.2 Å². The van der Waals surface area contributed by atoms with Crippen LogP contribution in [0.5, 0.6) is 0 Å². The van der Waals surface area contributed by atoms with Gasteiger partial charge in [-0.25, -0.2) is 13.1 Å². The average Bonchev–Trinajstić information content (AvgIpc) is 3.07. The number of rotatable bonds is 4. The molecule has 2 aromatic carbocycles. The van der Waals surface area contributed by atoms with Gasteiger partial charge in [-0.05, 0) is 56.0 Å². The minimum atomic E-state index is -3.47. The number of carbonyl (C=O) groups is 1. The molecule has 0 fully saturated rings. The molecule has 0 aliphatic heterocycles. The lowest BCUT2D eigenvalue weighted by atomic mass is 9.95. The molecule has 0 saturated heterocycles. The van der Waals surface area contributed by atoms with E-state index in [1.165, 1.54) is 6.07 Å². The molecule has 1 aliphatic carbocycles. The zero-order chi connectivity index (χ0) is 20.6. The van der Waals surface area contributed by atoms with Crippen molar-refractivity contribution in [3.63, 3.8) is 0 Å². The number of para-hydroxylation sites is 1. The smallest absolute Gasteiger partial charge is 0.276 e. The van der Waals surface area contributed by atoms with E-state index >= 15 is 0 Å². The molecule has 1 amide bonds. The third-order valence-corrected chi connectivity index (χ3v) is 6.63. The van der Waals surface area contributed by atoms with E-state index in [1.807, 2.05) is 28.9 Å². The molecule has 6 nitrogen and oxygen atoms in total. The predicted octanol–water partition coefficient (Wildman–Crippen LogP) is 4.17. The van der Waals surface area contributed by atoms with Crippen LogP contribution in [0.2, 0.25) is 0 Å². The van der Waals surface area contributed by atoms with Gasteiger partial charge in [-0.1, -0.05) is 34.1 Å². The number of benzene rings is 2. The van der Waals surface area contributed by atoms with Gasteiger partial charge in [0.05, 0.1) is 16.3 Å².